The van der Waals surface area contributed by atoms with E-state index in [0.29, 0.717) is 44.8 Å². The number of fused-ring (bicyclic) bond motifs is 2. The second-order valence-electron chi connectivity index (χ2n) is 10.7. The first kappa shape index (κ1) is 33.3. The van der Waals surface area contributed by atoms with Gasteiger partial charge in [-0.2, -0.15) is 15.2 Å². The number of terminal acetylenes is 1. The Hall–Kier alpha value is -6.08. The third kappa shape index (κ3) is 6.57. The number of methoxy groups -OCH3 is 1. The van der Waals surface area contributed by atoms with Gasteiger partial charge in [-0.1, -0.05) is 30.2 Å². The van der Waals surface area contributed by atoms with Crippen molar-refractivity contribution in [1.29, 1.82) is 5.26 Å². The smallest absolute Gasteiger partial charge is 0.318 e. The number of aromatic nitrogens is 5. The van der Waals surface area contributed by atoms with Crippen LogP contribution >= 0.6 is 0 Å². The van der Waals surface area contributed by atoms with Crippen LogP contribution in [0.1, 0.15) is 29.7 Å². The molecule has 5 aromatic rings. The zero-order valence-electron chi connectivity index (χ0n) is 26.6. The number of pyridine rings is 1. The molecule has 10 nitrogen and oxygen atoms in total. The lowest BCUT2D eigenvalue weighted by Crippen LogP contribution is -2.49. The average molecular weight is 651 g/mol. The second-order valence-corrected chi connectivity index (χ2v) is 10.7. The number of carbonyl (C=O) groups excluding carboxylic acids is 1. The first-order chi connectivity index (χ1) is 23.1. The Labute approximate surface area is 274 Å². The summed E-state index contributed by atoms with van der Waals surface area (Å²) in [7, 11) is 1.37. The fourth-order valence-corrected chi connectivity index (χ4v) is 5.52. The van der Waals surface area contributed by atoms with Crippen LogP contribution in [0.15, 0.2) is 48.4 Å². The molecule has 1 aliphatic heterocycles. The van der Waals surface area contributed by atoms with E-state index < -0.39 is 23.4 Å². The molecule has 0 spiro atoms. The number of piperazine rings is 1. The number of anilines is 1. The fraction of sp³-hybridized carbons (Fsp3) is 0.229. The van der Waals surface area contributed by atoms with Gasteiger partial charge < -0.3 is 14.5 Å². The molecule has 242 valence electrons. The van der Waals surface area contributed by atoms with Gasteiger partial charge in [0.15, 0.2) is 11.6 Å². The fourth-order valence-electron chi connectivity index (χ4n) is 5.52. The number of amides is 1. The SMILES string of the molecule is C#Cc1c(F)ccc2cccc(-c3ncc4c(N5CCN(C(=O)/C(F)=C/c6cc(C)nc(C)n6)CC5)nc(OC)nc4c3F)c12.CC#N. The molecule has 0 unspecified atom stereocenters. The molecule has 0 atom stereocenters. The number of hydrogen-bond acceptors (Lipinski definition) is 9. The lowest BCUT2D eigenvalue weighted by Gasteiger charge is -2.35. The number of carbonyl (C=O) groups is 1. The van der Waals surface area contributed by atoms with Gasteiger partial charge in [0.2, 0.25) is 0 Å². The summed E-state index contributed by atoms with van der Waals surface area (Å²) in [6.45, 7) is 5.80. The minimum Gasteiger partial charge on any atom is -0.467 e. The molecule has 48 heavy (non-hydrogen) atoms. The number of aryl methyl sites for hydroxylation is 2. The zero-order valence-corrected chi connectivity index (χ0v) is 26.6. The van der Waals surface area contributed by atoms with Crippen LogP contribution in [0.4, 0.5) is 19.0 Å². The lowest BCUT2D eigenvalue weighted by molar-refractivity contribution is -0.128. The monoisotopic (exact) mass is 650 g/mol. The van der Waals surface area contributed by atoms with E-state index in [9.17, 15) is 13.6 Å². The molecule has 4 heterocycles. The average Bonchev–Trinajstić information content (AvgIpc) is 3.07. The predicted molar refractivity (Wildman–Crippen MR) is 175 cm³/mol. The summed E-state index contributed by atoms with van der Waals surface area (Å²) in [5, 5.41) is 8.62. The largest absolute Gasteiger partial charge is 0.467 e. The maximum atomic E-state index is 16.3. The molecule has 1 saturated heterocycles. The first-order valence-corrected chi connectivity index (χ1v) is 14.7. The number of benzene rings is 2. The van der Waals surface area contributed by atoms with Crippen molar-refractivity contribution < 1.29 is 22.7 Å². The van der Waals surface area contributed by atoms with Gasteiger partial charge in [0.25, 0.3) is 5.91 Å². The summed E-state index contributed by atoms with van der Waals surface area (Å²) in [6.07, 6.45) is 8.17. The maximum absolute atomic E-state index is 16.3. The van der Waals surface area contributed by atoms with E-state index in [1.807, 2.05) is 4.90 Å². The van der Waals surface area contributed by atoms with E-state index >= 15 is 4.39 Å². The van der Waals surface area contributed by atoms with Crippen molar-refractivity contribution >= 4 is 39.5 Å². The van der Waals surface area contributed by atoms with E-state index in [-0.39, 0.29) is 49.0 Å². The van der Waals surface area contributed by atoms with Gasteiger partial charge in [0, 0.05) is 62.0 Å². The lowest BCUT2D eigenvalue weighted by atomic mass is 9.96. The van der Waals surface area contributed by atoms with Gasteiger partial charge in [0.05, 0.1) is 29.8 Å². The molecule has 0 aliphatic carbocycles. The van der Waals surface area contributed by atoms with Crippen molar-refractivity contribution in [3.8, 4) is 35.7 Å². The Morgan fingerprint density at radius 1 is 1.06 bits per heavy atom. The summed E-state index contributed by atoms with van der Waals surface area (Å²) in [5.41, 5.74) is 1.17. The first-order valence-electron chi connectivity index (χ1n) is 14.7. The van der Waals surface area contributed by atoms with Gasteiger partial charge in [-0.25, -0.2) is 23.1 Å². The standard InChI is InChI=1S/C33H26F3N7O2.C2H3N/c1-5-22-25(34)10-9-20-7-6-8-23(27(20)22)29-28(36)30-24(17-37-29)31(41-33(40-30)45-4)42-11-13-43(14-12-42)32(44)26(35)16-21-15-18(2)38-19(3)39-21;1-2-3/h1,6-10,15-17H,11-14H2,2-4H3;1H3/b26-16-;. The molecule has 0 bridgehead atoms. The minimum atomic E-state index is -0.935. The van der Waals surface area contributed by atoms with Gasteiger partial charge in [-0.05, 0) is 31.4 Å². The number of halogens is 3. The summed E-state index contributed by atoms with van der Waals surface area (Å²) in [5.74, 6) is 0.140. The molecule has 1 aliphatic rings. The molecule has 0 radical (unpaired) electrons. The van der Waals surface area contributed by atoms with E-state index in [1.165, 1.54) is 31.2 Å². The van der Waals surface area contributed by atoms with E-state index in [2.05, 4.69) is 30.8 Å². The molecule has 2 aromatic carbocycles. The quantitative estimate of drug-likeness (QED) is 0.174. The summed E-state index contributed by atoms with van der Waals surface area (Å²) in [4.78, 5) is 37.6. The van der Waals surface area contributed by atoms with Crippen LogP contribution in [0.3, 0.4) is 0 Å². The van der Waals surface area contributed by atoms with Crippen molar-refractivity contribution in [2.75, 3.05) is 38.2 Å². The number of nitrogens with zero attached hydrogens (tertiary/aromatic N) is 8. The van der Waals surface area contributed by atoms with E-state index in [4.69, 9.17) is 16.4 Å². The zero-order chi connectivity index (χ0) is 34.5. The van der Waals surface area contributed by atoms with Gasteiger partial charge in [-0.3, -0.25) is 9.78 Å². The Morgan fingerprint density at radius 2 is 1.79 bits per heavy atom. The molecule has 0 N–H and O–H groups in total. The van der Waals surface area contributed by atoms with Crippen molar-refractivity contribution in [2.45, 2.75) is 20.8 Å². The summed E-state index contributed by atoms with van der Waals surface area (Å²) < 4.78 is 51.1. The van der Waals surface area contributed by atoms with Crippen LogP contribution in [-0.4, -0.2) is 69.0 Å². The number of hydrogen-bond donors (Lipinski definition) is 0. The topological polar surface area (TPSA) is 121 Å². The molecular weight excluding hydrogens is 621 g/mol. The Balaban J connectivity index is 0.00000145. The van der Waals surface area contributed by atoms with Crippen molar-refractivity contribution in [1.82, 2.24) is 29.8 Å². The normalized spacial score (nSPS) is 13.1. The Kier molecular flexibility index (Phi) is 9.80. The summed E-state index contributed by atoms with van der Waals surface area (Å²) >= 11 is 0. The third-order valence-electron chi connectivity index (χ3n) is 7.55. The van der Waals surface area contributed by atoms with Gasteiger partial charge >= 0.3 is 6.01 Å². The number of ether oxygens (including phenoxy) is 1. The second kappa shape index (κ2) is 14.1. The molecule has 0 saturated carbocycles. The molecule has 1 amide bonds. The highest BCUT2D eigenvalue weighted by Gasteiger charge is 2.28. The maximum Gasteiger partial charge on any atom is 0.318 e. The van der Waals surface area contributed by atoms with E-state index in [1.54, 1.807) is 50.2 Å². The molecule has 13 heteroatoms. The Bertz CT molecular complexity index is 2150. The molecule has 1 fully saturated rings. The highest BCUT2D eigenvalue weighted by Crippen LogP contribution is 2.36. The highest BCUT2D eigenvalue weighted by molar-refractivity contribution is 6.02. The van der Waals surface area contributed by atoms with Crippen LogP contribution in [-0.2, 0) is 4.79 Å². The Morgan fingerprint density at radius 3 is 2.46 bits per heavy atom. The van der Waals surface area contributed by atoms with Crippen LogP contribution in [0.25, 0.3) is 39.0 Å². The number of rotatable bonds is 5. The van der Waals surface area contributed by atoms with E-state index in [0.717, 1.165) is 6.08 Å². The van der Waals surface area contributed by atoms with Crippen LogP contribution in [0.5, 0.6) is 6.01 Å². The van der Waals surface area contributed by atoms with Crippen LogP contribution < -0.4 is 9.64 Å². The van der Waals surface area contributed by atoms with Crippen molar-refractivity contribution in [3.05, 3.63) is 82.8 Å². The molecule has 3 aromatic heterocycles. The predicted octanol–water partition coefficient (Wildman–Crippen LogP) is 5.71. The van der Waals surface area contributed by atoms with Crippen LogP contribution in [0, 0.1) is 49.2 Å². The number of nitriles is 1. The molecule has 6 rings (SSSR count). The molecular formula is C35H29F3N8O2. The van der Waals surface area contributed by atoms with Gasteiger partial charge in [0.1, 0.15) is 28.7 Å². The van der Waals surface area contributed by atoms with Gasteiger partial charge in [-0.15, -0.1) is 6.42 Å². The minimum absolute atomic E-state index is 0.00585. The highest BCUT2D eigenvalue weighted by atomic mass is 19.1. The van der Waals surface area contributed by atoms with Crippen molar-refractivity contribution in [2.24, 2.45) is 0 Å². The van der Waals surface area contributed by atoms with Crippen LogP contribution in [0.2, 0.25) is 0 Å². The van der Waals surface area contributed by atoms with Crippen molar-refractivity contribution in [3.63, 3.8) is 0 Å². The summed E-state index contributed by atoms with van der Waals surface area (Å²) in [6, 6.07) is 11.2. The third-order valence-corrected chi connectivity index (χ3v) is 7.55.